The van der Waals surface area contributed by atoms with Crippen molar-refractivity contribution in [3.05, 3.63) is 48.6 Å². The van der Waals surface area contributed by atoms with E-state index in [0.29, 0.717) is 17.4 Å². The lowest BCUT2D eigenvalue weighted by Gasteiger charge is -2.28. The van der Waals surface area contributed by atoms with Gasteiger partial charge in [-0.1, -0.05) is 107 Å². The van der Waals surface area contributed by atoms with Crippen LogP contribution in [-0.4, -0.2) is 70.0 Å². The minimum atomic E-state index is -4.62. The number of esters is 2. The van der Waals surface area contributed by atoms with E-state index in [0.717, 1.165) is 57.8 Å². The third-order valence-electron chi connectivity index (χ3n) is 7.11. The van der Waals surface area contributed by atoms with Gasteiger partial charge in [-0.3, -0.25) is 14.2 Å². The smallest absolute Gasteiger partial charge is 0.306 e. The Labute approximate surface area is 286 Å². The van der Waals surface area contributed by atoms with Gasteiger partial charge in [-0.05, 0) is 51.4 Å². The molecule has 272 valence electrons. The number of carbonyl (C=O) groups excluding carboxylic acids is 2. The lowest BCUT2D eigenvalue weighted by Crippen LogP contribution is -2.37. The highest BCUT2D eigenvalue weighted by atomic mass is 31.2. The van der Waals surface area contributed by atoms with Gasteiger partial charge in [0.15, 0.2) is 6.10 Å². The second-order valence-corrected chi connectivity index (χ2v) is 14.3. The van der Waals surface area contributed by atoms with Gasteiger partial charge in [0, 0.05) is 12.8 Å². The molecule has 0 amide bonds. The lowest BCUT2D eigenvalue weighted by atomic mass is 10.1. The van der Waals surface area contributed by atoms with Crippen LogP contribution in [0.2, 0.25) is 0 Å². The predicted octanol–water partition coefficient (Wildman–Crippen LogP) is 8.55. The van der Waals surface area contributed by atoms with Gasteiger partial charge in [-0.15, -0.1) is 0 Å². The van der Waals surface area contributed by atoms with Crippen molar-refractivity contribution in [1.82, 2.24) is 0 Å². The van der Waals surface area contributed by atoms with E-state index < -0.39 is 32.5 Å². The Morgan fingerprint density at radius 2 is 1.21 bits per heavy atom. The molecule has 10 heteroatoms. The van der Waals surface area contributed by atoms with E-state index >= 15 is 0 Å². The first kappa shape index (κ1) is 45.0. The van der Waals surface area contributed by atoms with Gasteiger partial charge in [0.25, 0.3) is 7.82 Å². The molecule has 0 aliphatic heterocycles. The minimum Gasteiger partial charge on any atom is -0.756 e. The third kappa shape index (κ3) is 33.7. The molecule has 9 nitrogen and oxygen atoms in total. The highest BCUT2D eigenvalue weighted by Gasteiger charge is 2.21. The summed E-state index contributed by atoms with van der Waals surface area (Å²) in [5, 5.41) is 0. The van der Waals surface area contributed by atoms with Gasteiger partial charge >= 0.3 is 11.9 Å². The van der Waals surface area contributed by atoms with Crippen molar-refractivity contribution in [2.75, 3.05) is 47.5 Å². The van der Waals surface area contributed by atoms with Crippen LogP contribution in [-0.2, 0) is 32.7 Å². The monoisotopic (exact) mass is 683 g/mol. The summed E-state index contributed by atoms with van der Waals surface area (Å²) in [6.07, 6.45) is 31.6. The van der Waals surface area contributed by atoms with E-state index in [4.69, 9.17) is 18.5 Å². The number of carbonyl (C=O) groups is 2. The van der Waals surface area contributed by atoms with Gasteiger partial charge in [0.1, 0.15) is 19.8 Å². The largest absolute Gasteiger partial charge is 0.756 e. The van der Waals surface area contributed by atoms with Gasteiger partial charge in [0.2, 0.25) is 0 Å². The zero-order chi connectivity index (χ0) is 35.1. The maximum absolute atomic E-state index is 12.5. The standard InChI is InChI=1S/C37H66NO8P/c1-6-8-10-12-14-16-17-18-19-20-21-22-24-26-28-30-37(40)46-35(34-45-47(41,42)44-32-31-38(3,4)5)33-43-36(39)29-27-25-23-15-13-11-9-7-2/h8,10,14,16,18-19,21-22,35H,6-7,9,11-13,15,17,20,23-34H2,1-5H3/b10-8-,16-14-,19-18-,22-21-. The fourth-order valence-electron chi connectivity index (χ4n) is 4.29. The summed E-state index contributed by atoms with van der Waals surface area (Å²) in [5.74, 6) is -0.894. The molecule has 2 atom stereocenters. The number of hydrogen-bond acceptors (Lipinski definition) is 8. The Morgan fingerprint density at radius 3 is 1.81 bits per heavy atom. The molecule has 0 aliphatic carbocycles. The van der Waals surface area contributed by atoms with Crippen LogP contribution in [0.15, 0.2) is 48.6 Å². The molecule has 0 saturated carbocycles. The Balaban J connectivity index is 4.55. The normalized spacial score (nSPS) is 14.4. The van der Waals surface area contributed by atoms with Crippen molar-refractivity contribution in [2.24, 2.45) is 0 Å². The molecule has 0 spiro atoms. The van der Waals surface area contributed by atoms with Crippen LogP contribution in [0, 0.1) is 0 Å². The fourth-order valence-corrected chi connectivity index (χ4v) is 5.02. The van der Waals surface area contributed by atoms with Crippen molar-refractivity contribution in [3.8, 4) is 0 Å². The van der Waals surface area contributed by atoms with E-state index in [-0.39, 0.29) is 26.1 Å². The SMILES string of the molecule is CC/C=C\C/C=C\C/C=C\C/C=C\CCCCC(=O)OC(COC(=O)CCCCCCCCCC)COP(=O)([O-])OCC[N+](C)(C)C. The zero-order valence-corrected chi connectivity index (χ0v) is 31.1. The van der Waals surface area contributed by atoms with Crippen molar-refractivity contribution in [1.29, 1.82) is 0 Å². The van der Waals surface area contributed by atoms with Crippen LogP contribution in [0.4, 0.5) is 0 Å². The molecule has 0 aromatic carbocycles. The molecule has 0 aliphatic rings. The van der Waals surface area contributed by atoms with Crippen LogP contribution in [0.3, 0.4) is 0 Å². The molecule has 0 N–H and O–H groups in total. The maximum Gasteiger partial charge on any atom is 0.306 e. The van der Waals surface area contributed by atoms with Crippen molar-refractivity contribution >= 4 is 19.8 Å². The van der Waals surface area contributed by atoms with Gasteiger partial charge in [-0.25, -0.2) is 0 Å². The number of ether oxygens (including phenoxy) is 2. The average Bonchev–Trinajstić information content (AvgIpc) is 3.01. The first-order valence-corrected chi connectivity index (χ1v) is 19.3. The number of allylic oxidation sites excluding steroid dienone is 8. The Morgan fingerprint density at radius 1 is 0.681 bits per heavy atom. The van der Waals surface area contributed by atoms with E-state index in [9.17, 15) is 19.0 Å². The molecule has 0 aromatic rings. The molecule has 47 heavy (non-hydrogen) atoms. The molecule has 0 heterocycles. The van der Waals surface area contributed by atoms with Gasteiger partial charge in [-0.2, -0.15) is 0 Å². The number of likely N-dealkylation sites (N-methyl/N-ethyl adjacent to an activating group) is 1. The molecule has 0 bridgehead atoms. The number of hydrogen-bond donors (Lipinski definition) is 0. The molecular formula is C37H66NO8P. The van der Waals surface area contributed by atoms with Crippen molar-refractivity contribution < 1.29 is 42.1 Å². The number of phosphoric acid groups is 1. The molecule has 0 radical (unpaired) electrons. The highest BCUT2D eigenvalue weighted by Crippen LogP contribution is 2.38. The predicted molar refractivity (Wildman–Crippen MR) is 190 cm³/mol. The topological polar surface area (TPSA) is 111 Å². The molecular weight excluding hydrogens is 617 g/mol. The Hall–Kier alpha value is -2.03. The summed E-state index contributed by atoms with van der Waals surface area (Å²) >= 11 is 0. The van der Waals surface area contributed by atoms with E-state index in [1.807, 2.05) is 21.1 Å². The maximum atomic E-state index is 12.5. The van der Waals surface area contributed by atoms with Crippen LogP contribution in [0.1, 0.15) is 123 Å². The molecule has 0 fully saturated rings. The summed E-state index contributed by atoms with van der Waals surface area (Å²) in [6, 6.07) is 0. The highest BCUT2D eigenvalue weighted by molar-refractivity contribution is 7.45. The van der Waals surface area contributed by atoms with E-state index in [1.165, 1.54) is 32.1 Å². The summed E-state index contributed by atoms with van der Waals surface area (Å²) in [7, 11) is 1.13. The Bertz CT molecular complexity index is 954. The minimum absolute atomic E-state index is 0.0401. The lowest BCUT2D eigenvalue weighted by molar-refractivity contribution is -0.870. The number of nitrogens with zero attached hydrogens (tertiary/aromatic N) is 1. The summed E-state index contributed by atoms with van der Waals surface area (Å²) < 4.78 is 33.6. The average molecular weight is 684 g/mol. The van der Waals surface area contributed by atoms with Crippen LogP contribution in [0.25, 0.3) is 0 Å². The molecule has 0 aromatic heterocycles. The zero-order valence-electron chi connectivity index (χ0n) is 30.2. The van der Waals surface area contributed by atoms with Gasteiger partial charge < -0.3 is 27.9 Å². The number of quaternary nitrogens is 1. The summed E-state index contributed by atoms with van der Waals surface area (Å²) in [6.45, 7) is 3.99. The number of phosphoric ester groups is 1. The van der Waals surface area contributed by atoms with Crippen molar-refractivity contribution in [2.45, 2.75) is 129 Å². The van der Waals surface area contributed by atoms with E-state index in [2.05, 4.69) is 62.5 Å². The molecule has 0 rings (SSSR count). The summed E-state index contributed by atoms with van der Waals surface area (Å²) in [5.41, 5.74) is 0. The fraction of sp³-hybridized carbons (Fsp3) is 0.730. The summed E-state index contributed by atoms with van der Waals surface area (Å²) in [4.78, 5) is 37.1. The first-order chi connectivity index (χ1) is 22.5. The second-order valence-electron chi connectivity index (χ2n) is 12.9. The first-order valence-electron chi connectivity index (χ1n) is 17.8. The Kier molecular flexibility index (Phi) is 28.8. The second kappa shape index (κ2) is 30.1. The third-order valence-corrected chi connectivity index (χ3v) is 8.08. The van der Waals surface area contributed by atoms with Crippen LogP contribution >= 0.6 is 7.82 Å². The van der Waals surface area contributed by atoms with Crippen molar-refractivity contribution in [3.63, 3.8) is 0 Å². The van der Waals surface area contributed by atoms with Crippen LogP contribution < -0.4 is 4.89 Å². The number of unbranched alkanes of at least 4 members (excludes halogenated alkanes) is 9. The van der Waals surface area contributed by atoms with Gasteiger partial charge in [0.05, 0.1) is 27.7 Å². The van der Waals surface area contributed by atoms with E-state index in [1.54, 1.807) is 0 Å². The van der Waals surface area contributed by atoms with Crippen LogP contribution in [0.5, 0.6) is 0 Å². The molecule has 0 saturated heterocycles. The number of rotatable bonds is 31. The quantitative estimate of drug-likeness (QED) is 0.0235. The molecule has 2 unspecified atom stereocenters.